The summed E-state index contributed by atoms with van der Waals surface area (Å²) in [5.74, 6) is 0.223. The SMILES string of the molecule is O=C1COc2cc(C(=O)N3CCN(C(=O)NC4CCCCC4)CC3)ccc2N1. The van der Waals surface area contributed by atoms with Crippen LogP contribution in [-0.2, 0) is 4.79 Å². The second-order valence-electron chi connectivity index (χ2n) is 7.61. The molecule has 1 aromatic rings. The Balaban J connectivity index is 1.31. The zero-order valence-electron chi connectivity index (χ0n) is 15.9. The van der Waals surface area contributed by atoms with Gasteiger partial charge in [0.05, 0.1) is 5.69 Å². The minimum absolute atomic E-state index is 0.0167. The molecule has 0 atom stereocenters. The van der Waals surface area contributed by atoms with E-state index in [4.69, 9.17) is 4.74 Å². The summed E-state index contributed by atoms with van der Waals surface area (Å²) in [6, 6.07) is 5.32. The van der Waals surface area contributed by atoms with E-state index in [2.05, 4.69) is 10.6 Å². The maximum Gasteiger partial charge on any atom is 0.317 e. The van der Waals surface area contributed by atoms with Crippen molar-refractivity contribution in [1.82, 2.24) is 15.1 Å². The molecule has 2 aliphatic heterocycles. The third-order valence-corrected chi connectivity index (χ3v) is 5.65. The molecule has 2 fully saturated rings. The normalized spacial score (nSPS) is 20.1. The summed E-state index contributed by atoms with van der Waals surface area (Å²) >= 11 is 0. The van der Waals surface area contributed by atoms with E-state index in [1.165, 1.54) is 19.3 Å². The van der Waals surface area contributed by atoms with Gasteiger partial charge in [0, 0.05) is 37.8 Å². The average Bonchev–Trinajstić information content (AvgIpc) is 2.73. The fourth-order valence-electron chi connectivity index (χ4n) is 4.02. The van der Waals surface area contributed by atoms with Crippen LogP contribution in [-0.4, -0.2) is 66.5 Å². The molecule has 0 unspecified atom stereocenters. The third-order valence-electron chi connectivity index (χ3n) is 5.65. The number of hydrogen-bond acceptors (Lipinski definition) is 4. The van der Waals surface area contributed by atoms with Crippen LogP contribution in [0.1, 0.15) is 42.5 Å². The molecule has 150 valence electrons. The molecule has 3 aliphatic rings. The van der Waals surface area contributed by atoms with Crippen LogP contribution < -0.4 is 15.4 Å². The molecule has 0 aromatic heterocycles. The molecule has 8 heteroatoms. The number of rotatable bonds is 2. The molecule has 1 saturated heterocycles. The van der Waals surface area contributed by atoms with E-state index in [-0.39, 0.29) is 30.5 Å². The lowest BCUT2D eigenvalue weighted by Crippen LogP contribution is -2.54. The number of hydrogen-bond donors (Lipinski definition) is 2. The van der Waals surface area contributed by atoms with Crippen molar-refractivity contribution >= 4 is 23.5 Å². The van der Waals surface area contributed by atoms with Gasteiger partial charge in [-0.2, -0.15) is 0 Å². The van der Waals surface area contributed by atoms with Crippen molar-refractivity contribution in [1.29, 1.82) is 0 Å². The first-order valence-corrected chi connectivity index (χ1v) is 10.0. The number of amides is 4. The maximum atomic E-state index is 12.8. The van der Waals surface area contributed by atoms with Crippen LogP contribution in [0, 0.1) is 0 Å². The lowest BCUT2D eigenvalue weighted by molar-refractivity contribution is -0.118. The summed E-state index contributed by atoms with van der Waals surface area (Å²) in [5, 5.41) is 5.85. The van der Waals surface area contributed by atoms with Gasteiger partial charge in [0.1, 0.15) is 5.75 Å². The van der Waals surface area contributed by atoms with Gasteiger partial charge >= 0.3 is 6.03 Å². The van der Waals surface area contributed by atoms with Crippen LogP contribution in [0.3, 0.4) is 0 Å². The van der Waals surface area contributed by atoms with Crippen LogP contribution in [0.2, 0.25) is 0 Å². The molecule has 0 radical (unpaired) electrons. The second kappa shape index (κ2) is 8.08. The van der Waals surface area contributed by atoms with Crippen LogP contribution in [0.15, 0.2) is 18.2 Å². The summed E-state index contributed by atoms with van der Waals surface area (Å²) in [5.41, 5.74) is 1.10. The summed E-state index contributed by atoms with van der Waals surface area (Å²) in [6.07, 6.45) is 5.74. The Morgan fingerprint density at radius 1 is 1.04 bits per heavy atom. The van der Waals surface area contributed by atoms with Crippen molar-refractivity contribution in [3.8, 4) is 5.75 Å². The van der Waals surface area contributed by atoms with E-state index in [1.807, 2.05) is 0 Å². The Morgan fingerprint density at radius 3 is 2.50 bits per heavy atom. The molecule has 2 heterocycles. The van der Waals surface area contributed by atoms with Gasteiger partial charge in [-0.1, -0.05) is 19.3 Å². The van der Waals surface area contributed by atoms with Crippen molar-refractivity contribution in [3.05, 3.63) is 23.8 Å². The third kappa shape index (κ3) is 4.05. The van der Waals surface area contributed by atoms with E-state index >= 15 is 0 Å². The minimum atomic E-state index is -0.200. The minimum Gasteiger partial charge on any atom is -0.482 e. The highest BCUT2D eigenvalue weighted by Gasteiger charge is 2.27. The van der Waals surface area contributed by atoms with Crippen molar-refractivity contribution < 1.29 is 19.1 Å². The molecule has 2 N–H and O–H groups in total. The first kappa shape index (κ1) is 18.6. The Morgan fingerprint density at radius 2 is 1.75 bits per heavy atom. The second-order valence-corrected chi connectivity index (χ2v) is 7.61. The lowest BCUT2D eigenvalue weighted by Gasteiger charge is -2.36. The smallest absolute Gasteiger partial charge is 0.317 e. The number of carbonyl (C=O) groups excluding carboxylic acids is 3. The molecule has 28 heavy (non-hydrogen) atoms. The number of benzene rings is 1. The molecule has 1 aromatic carbocycles. The van der Waals surface area contributed by atoms with Crippen LogP contribution in [0.25, 0.3) is 0 Å². The first-order chi connectivity index (χ1) is 13.6. The maximum absolute atomic E-state index is 12.8. The van der Waals surface area contributed by atoms with E-state index in [0.29, 0.717) is 43.2 Å². The number of urea groups is 1. The zero-order chi connectivity index (χ0) is 19.5. The highest BCUT2D eigenvalue weighted by molar-refractivity contribution is 5.99. The number of piperazine rings is 1. The predicted molar refractivity (Wildman–Crippen MR) is 103 cm³/mol. The Kier molecular flexibility index (Phi) is 5.36. The fraction of sp³-hybridized carbons (Fsp3) is 0.550. The van der Waals surface area contributed by atoms with E-state index in [0.717, 1.165) is 12.8 Å². The molecule has 0 spiro atoms. The standard InChI is InChI=1S/C20H26N4O4/c25-18-13-28-17-12-14(6-7-16(17)22-18)19(26)23-8-10-24(11-9-23)20(27)21-15-4-2-1-3-5-15/h6-7,12,15H,1-5,8-11,13H2,(H,21,27)(H,22,25). The number of nitrogens with zero attached hydrogens (tertiary/aromatic N) is 2. The largest absolute Gasteiger partial charge is 0.482 e. The van der Waals surface area contributed by atoms with Gasteiger partial charge in [0.15, 0.2) is 6.61 Å². The first-order valence-electron chi connectivity index (χ1n) is 10.0. The van der Waals surface area contributed by atoms with Gasteiger partial charge in [0.25, 0.3) is 11.8 Å². The average molecular weight is 386 g/mol. The number of nitrogens with one attached hydrogen (secondary N) is 2. The van der Waals surface area contributed by atoms with Gasteiger partial charge in [-0.25, -0.2) is 4.79 Å². The summed E-state index contributed by atoms with van der Waals surface area (Å²) < 4.78 is 5.39. The van der Waals surface area contributed by atoms with Crippen molar-refractivity contribution in [3.63, 3.8) is 0 Å². The molecule has 1 saturated carbocycles. The van der Waals surface area contributed by atoms with Crippen molar-refractivity contribution in [2.75, 3.05) is 38.1 Å². The topological polar surface area (TPSA) is 91.0 Å². The van der Waals surface area contributed by atoms with Crippen LogP contribution in [0.4, 0.5) is 10.5 Å². The fourth-order valence-corrected chi connectivity index (χ4v) is 4.02. The number of carbonyl (C=O) groups is 3. The summed E-state index contributed by atoms with van der Waals surface area (Å²) in [7, 11) is 0. The van der Waals surface area contributed by atoms with Crippen LogP contribution >= 0.6 is 0 Å². The molecule has 4 amide bonds. The highest BCUT2D eigenvalue weighted by atomic mass is 16.5. The lowest BCUT2D eigenvalue weighted by atomic mass is 9.96. The zero-order valence-corrected chi connectivity index (χ0v) is 15.9. The van der Waals surface area contributed by atoms with E-state index in [9.17, 15) is 14.4 Å². The molecular formula is C20H26N4O4. The van der Waals surface area contributed by atoms with Gasteiger partial charge in [-0.15, -0.1) is 0 Å². The Hall–Kier alpha value is -2.77. The Labute approximate surface area is 164 Å². The highest BCUT2D eigenvalue weighted by Crippen LogP contribution is 2.29. The monoisotopic (exact) mass is 386 g/mol. The van der Waals surface area contributed by atoms with E-state index < -0.39 is 0 Å². The van der Waals surface area contributed by atoms with E-state index in [1.54, 1.807) is 28.0 Å². The van der Waals surface area contributed by atoms with Gasteiger partial charge in [-0.3, -0.25) is 9.59 Å². The molecule has 1 aliphatic carbocycles. The van der Waals surface area contributed by atoms with Crippen molar-refractivity contribution in [2.45, 2.75) is 38.1 Å². The van der Waals surface area contributed by atoms with Gasteiger partial charge in [0.2, 0.25) is 0 Å². The van der Waals surface area contributed by atoms with Gasteiger partial charge in [-0.05, 0) is 31.0 Å². The number of ether oxygens (including phenoxy) is 1. The molecule has 4 rings (SSSR count). The summed E-state index contributed by atoms with van der Waals surface area (Å²) in [4.78, 5) is 40.2. The molecule has 8 nitrogen and oxygen atoms in total. The number of anilines is 1. The number of fused-ring (bicyclic) bond motifs is 1. The molecular weight excluding hydrogens is 360 g/mol. The quantitative estimate of drug-likeness (QED) is 0.811. The Bertz CT molecular complexity index is 767. The van der Waals surface area contributed by atoms with Crippen molar-refractivity contribution in [2.24, 2.45) is 0 Å². The van der Waals surface area contributed by atoms with Crippen LogP contribution in [0.5, 0.6) is 5.75 Å². The summed E-state index contributed by atoms with van der Waals surface area (Å²) in [6.45, 7) is 2.03. The molecule has 0 bridgehead atoms. The van der Waals surface area contributed by atoms with Gasteiger partial charge < -0.3 is 25.2 Å². The predicted octanol–water partition coefficient (Wildman–Crippen LogP) is 1.82.